The minimum atomic E-state index is -0.0875. The average Bonchev–Trinajstić information content (AvgIpc) is 3.14. The standard InChI is InChI=1S/C18H20N6O/c1-3-14-5-4-6-16(10-14)21-18(25)11-19-15-7-8-17(13(2)9-15)24-12-20-22-23-24/h4-10,12,19H,3,11H2,1-2H3,(H,21,25). The molecule has 0 fully saturated rings. The molecule has 2 N–H and O–H groups in total. The fraction of sp³-hybridized carbons (Fsp3) is 0.222. The van der Waals surface area contributed by atoms with Crippen molar-refractivity contribution < 1.29 is 4.79 Å². The van der Waals surface area contributed by atoms with E-state index >= 15 is 0 Å². The number of aryl methyl sites for hydroxylation is 2. The Kier molecular flexibility index (Phi) is 5.03. The summed E-state index contributed by atoms with van der Waals surface area (Å²) in [5.41, 5.74) is 4.78. The quantitative estimate of drug-likeness (QED) is 0.723. The highest BCUT2D eigenvalue weighted by atomic mass is 16.1. The predicted octanol–water partition coefficient (Wildman–Crippen LogP) is 2.58. The maximum Gasteiger partial charge on any atom is 0.243 e. The summed E-state index contributed by atoms with van der Waals surface area (Å²) in [5.74, 6) is -0.0875. The largest absolute Gasteiger partial charge is 0.376 e. The predicted molar refractivity (Wildman–Crippen MR) is 96.8 cm³/mol. The highest BCUT2D eigenvalue weighted by Gasteiger charge is 2.06. The molecule has 7 heteroatoms. The van der Waals surface area contributed by atoms with Gasteiger partial charge in [0.2, 0.25) is 5.91 Å². The summed E-state index contributed by atoms with van der Waals surface area (Å²) in [6.45, 7) is 4.25. The Bertz CT molecular complexity index is 860. The van der Waals surface area contributed by atoms with Crippen molar-refractivity contribution in [3.05, 3.63) is 59.9 Å². The molecule has 0 unspecified atom stereocenters. The molecule has 3 rings (SSSR count). The number of nitrogens with one attached hydrogen (secondary N) is 2. The molecule has 2 aromatic carbocycles. The summed E-state index contributed by atoms with van der Waals surface area (Å²) >= 11 is 0. The minimum absolute atomic E-state index is 0.0875. The molecule has 7 nitrogen and oxygen atoms in total. The van der Waals surface area contributed by atoms with Crippen molar-refractivity contribution in [3.63, 3.8) is 0 Å². The minimum Gasteiger partial charge on any atom is -0.376 e. The molecule has 0 radical (unpaired) electrons. The number of anilines is 2. The number of nitrogens with zero attached hydrogens (tertiary/aromatic N) is 4. The molecule has 0 bridgehead atoms. The zero-order valence-corrected chi connectivity index (χ0v) is 14.2. The zero-order valence-electron chi connectivity index (χ0n) is 14.2. The van der Waals surface area contributed by atoms with Gasteiger partial charge in [0, 0.05) is 11.4 Å². The summed E-state index contributed by atoms with van der Waals surface area (Å²) in [6.07, 6.45) is 2.49. The lowest BCUT2D eigenvalue weighted by Crippen LogP contribution is -2.21. The van der Waals surface area contributed by atoms with Gasteiger partial charge < -0.3 is 10.6 Å². The molecule has 128 valence electrons. The normalized spacial score (nSPS) is 10.5. The van der Waals surface area contributed by atoms with Crippen LogP contribution >= 0.6 is 0 Å². The van der Waals surface area contributed by atoms with Crippen molar-refractivity contribution in [2.45, 2.75) is 20.3 Å². The Labute approximate surface area is 146 Å². The molecule has 0 saturated carbocycles. The first kappa shape index (κ1) is 16.6. The van der Waals surface area contributed by atoms with Crippen molar-refractivity contribution in [3.8, 4) is 5.69 Å². The molecule has 0 spiro atoms. The van der Waals surface area contributed by atoms with Crippen molar-refractivity contribution >= 4 is 17.3 Å². The molecule has 0 saturated heterocycles. The fourth-order valence-corrected chi connectivity index (χ4v) is 2.55. The van der Waals surface area contributed by atoms with Crippen LogP contribution in [-0.2, 0) is 11.2 Å². The molecule has 0 aliphatic carbocycles. The van der Waals surface area contributed by atoms with E-state index in [2.05, 4.69) is 33.1 Å². The summed E-state index contributed by atoms with van der Waals surface area (Å²) in [5, 5.41) is 17.2. The van der Waals surface area contributed by atoms with E-state index in [1.807, 2.05) is 49.4 Å². The van der Waals surface area contributed by atoms with E-state index in [0.717, 1.165) is 29.0 Å². The molecular weight excluding hydrogens is 316 g/mol. The van der Waals surface area contributed by atoms with Gasteiger partial charge in [-0.05, 0) is 65.2 Å². The first-order valence-electron chi connectivity index (χ1n) is 8.12. The summed E-state index contributed by atoms with van der Waals surface area (Å²) in [7, 11) is 0. The van der Waals surface area contributed by atoms with E-state index in [9.17, 15) is 4.79 Å². The lowest BCUT2D eigenvalue weighted by Gasteiger charge is -2.11. The van der Waals surface area contributed by atoms with Crippen LogP contribution in [0.5, 0.6) is 0 Å². The highest BCUT2D eigenvalue weighted by molar-refractivity contribution is 5.93. The number of hydrogen-bond acceptors (Lipinski definition) is 5. The number of carbonyl (C=O) groups excluding carboxylic acids is 1. The summed E-state index contributed by atoms with van der Waals surface area (Å²) in [4.78, 5) is 12.1. The number of tetrazole rings is 1. The molecule has 0 aliphatic rings. The van der Waals surface area contributed by atoms with Crippen LogP contribution in [0.2, 0.25) is 0 Å². The highest BCUT2D eigenvalue weighted by Crippen LogP contribution is 2.18. The molecule has 3 aromatic rings. The van der Waals surface area contributed by atoms with Gasteiger partial charge in [0.15, 0.2) is 0 Å². The van der Waals surface area contributed by atoms with Crippen molar-refractivity contribution in [2.75, 3.05) is 17.2 Å². The van der Waals surface area contributed by atoms with Gasteiger partial charge >= 0.3 is 0 Å². The van der Waals surface area contributed by atoms with Crippen LogP contribution in [0.1, 0.15) is 18.1 Å². The Balaban J connectivity index is 1.59. The average molecular weight is 336 g/mol. The van der Waals surface area contributed by atoms with E-state index in [1.165, 1.54) is 5.56 Å². The molecule has 0 aliphatic heterocycles. The van der Waals surface area contributed by atoms with Gasteiger partial charge in [0.1, 0.15) is 6.33 Å². The third-order valence-electron chi connectivity index (χ3n) is 3.86. The van der Waals surface area contributed by atoms with E-state index in [1.54, 1.807) is 11.0 Å². The van der Waals surface area contributed by atoms with Crippen LogP contribution in [-0.4, -0.2) is 32.7 Å². The smallest absolute Gasteiger partial charge is 0.243 e. The molecule has 1 aromatic heterocycles. The van der Waals surface area contributed by atoms with Gasteiger partial charge in [-0.15, -0.1) is 5.10 Å². The molecule has 25 heavy (non-hydrogen) atoms. The van der Waals surface area contributed by atoms with Crippen LogP contribution < -0.4 is 10.6 Å². The molecular formula is C18H20N6O. The van der Waals surface area contributed by atoms with Crippen LogP contribution in [0.15, 0.2) is 48.8 Å². The van der Waals surface area contributed by atoms with E-state index in [4.69, 9.17) is 0 Å². The van der Waals surface area contributed by atoms with Gasteiger partial charge in [-0.25, -0.2) is 4.68 Å². The Hall–Kier alpha value is -3.22. The van der Waals surface area contributed by atoms with E-state index < -0.39 is 0 Å². The van der Waals surface area contributed by atoms with Crippen molar-refractivity contribution in [1.29, 1.82) is 0 Å². The molecule has 1 heterocycles. The summed E-state index contributed by atoms with van der Waals surface area (Å²) in [6, 6.07) is 13.6. The lowest BCUT2D eigenvalue weighted by atomic mass is 10.1. The second-order valence-corrected chi connectivity index (χ2v) is 5.71. The summed E-state index contributed by atoms with van der Waals surface area (Å²) < 4.78 is 1.60. The number of amides is 1. The SMILES string of the molecule is CCc1cccc(NC(=O)CNc2ccc(-n3cnnn3)c(C)c2)c1. The third kappa shape index (κ3) is 4.20. The number of carbonyl (C=O) groups is 1. The van der Waals surface area contributed by atoms with Gasteiger partial charge in [-0.3, -0.25) is 4.79 Å². The monoisotopic (exact) mass is 336 g/mol. The topological polar surface area (TPSA) is 84.7 Å². The van der Waals surface area contributed by atoms with Crippen LogP contribution in [0.3, 0.4) is 0 Å². The molecule has 1 amide bonds. The second-order valence-electron chi connectivity index (χ2n) is 5.71. The van der Waals surface area contributed by atoms with E-state index in [0.29, 0.717) is 0 Å². The van der Waals surface area contributed by atoms with Gasteiger partial charge in [0.25, 0.3) is 0 Å². The maximum atomic E-state index is 12.1. The van der Waals surface area contributed by atoms with Crippen LogP contribution in [0.25, 0.3) is 5.69 Å². The van der Waals surface area contributed by atoms with Crippen molar-refractivity contribution in [1.82, 2.24) is 20.2 Å². The first-order valence-corrected chi connectivity index (χ1v) is 8.12. The maximum absolute atomic E-state index is 12.1. The third-order valence-corrected chi connectivity index (χ3v) is 3.86. The fourth-order valence-electron chi connectivity index (χ4n) is 2.55. The van der Waals surface area contributed by atoms with E-state index in [-0.39, 0.29) is 12.5 Å². The van der Waals surface area contributed by atoms with Crippen LogP contribution in [0.4, 0.5) is 11.4 Å². The zero-order chi connectivity index (χ0) is 17.6. The van der Waals surface area contributed by atoms with Crippen molar-refractivity contribution in [2.24, 2.45) is 0 Å². The Morgan fingerprint density at radius 2 is 2.04 bits per heavy atom. The second kappa shape index (κ2) is 7.57. The number of benzene rings is 2. The Morgan fingerprint density at radius 3 is 2.76 bits per heavy atom. The van der Waals surface area contributed by atoms with Crippen LogP contribution in [0, 0.1) is 6.92 Å². The number of hydrogen-bond donors (Lipinski definition) is 2. The number of rotatable bonds is 6. The van der Waals surface area contributed by atoms with Gasteiger partial charge in [-0.1, -0.05) is 19.1 Å². The Morgan fingerprint density at radius 1 is 1.16 bits per heavy atom. The van der Waals surface area contributed by atoms with Gasteiger partial charge in [-0.2, -0.15) is 0 Å². The lowest BCUT2D eigenvalue weighted by molar-refractivity contribution is -0.114. The number of aromatic nitrogens is 4. The molecule has 0 atom stereocenters. The first-order chi connectivity index (χ1) is 12.2. The van der Waals surface area contributed by atoms with Gasteiger partial charge in [0.05, 0.1) is 12.2 Å².